The monoisotopic (exact) mass is 738 g/mol. The molecule has 0 fully saturated rings. The summed E-state index contributed by atoms with van der Waals surface area (Å²) in [4.78, 5) is 19.2. The lowest BCUT2D eigenvalue weighted by molar-refractivity contribution is 1.15. The minimum atomic E-state index is 0.624. The second kappa shape index (κ2) is 14.0. The molecule has 0 amide bonds. The Morgan fingerprint density at radius 2 is 0.707 bits per heavy atom. The summed E-state index contributed by atoms with van der Waals surface area (Å²) < 4.78 is 0. The van der Waals surface area contributed by atoms with Gasteiger partial charge in [0.05, 0.1) is 22.8 Å². The van der Waals surface area contributed by atoms with Crippen molar-refractivity contribution < 1.29 is 0 Å². The fourth-order valence-electron chi connectivity index (χ4n) is 8.35. The molecule has 8 aromatic carbocycles. The molecule has 4 heteroatoms. The van der Waals surface area contributed by atoms with E-state index in [1.165, 1.54) is 65.3 Å². The van der Waals surface area contributed by atoms with Crippen LogP contribution >= 0.6 is 0 Å². The van der Waals surface area contributed by atoms with Crippen LogP contribution in [-0.2, 0) is 0 Å². The Labute approximate surface area is 335 Å². The summed E-state index contributed by atoms with van der Waals surface area (Å²) in [6.45, 7) is 0. The number of hydrogen-bond donors (Lipinski definition) is 0. The summed E-state index contributed by atoms with van der Waals surface area (Å²) in [6, 6.07) is 69.0. The fraction of sp³-hybridized carbons (Fsp3) is 0. The normalized spacial score (nSPS) is 11.4. The van der Waals surface area contributed by atoms with Gasteiger partial charge in [0.2, 0.25) is 0 Å². The van der Waals surface area contributed by atoms with Crippen LogP contribution in [0.1, 0.15) is 0 Å². The molecule has 0 saturated carbocycles. The molecule has 0 aliphatic heterocycles. The van der Waals surface area contributed by atoms with Gasteiger partial charge < -0.3 is 0 Å². The van der Waals surface area contributed by atoms with Gasteiger partial charge in [0.15, 0.2) is 5.82 Å². The van der Waals surface area contributed by atoms with Crippen LogP contribution in [0.5, 0.6) is 0 Å². The highest BCUT2D eigenvalue weighted by Crippen LogP contribution is 2.46. The molecule has 0 aliphatic carbocycles. The zero-order chi connectivity index (χ0) is 38.4. The van der Waals surface area contributed by atoms with Gasteiger partial charge in [-0.3, -0.25) is 9.97 Å². The first-order chi connectivity index (χ1) is 28.7. The van der Waals surface area contributed by atoms with Crippen molar-refractivity contribution in [3.8, 4) is 67.5 Å². The lowest BCUT2D eigenvalue weighted by Gasteiger charge is -2.19. The van der Waals surface area contributed by atoms with Gasteiger partial charge in [-0.1, -0.05) is 146 Å². The van der Waals surface area contributed by atoms with Crippen molar-refractivity contribution in [2.75, 3.05) is 0 Å². The van der Waals surface area contributed by atoms with Gasteiger partial charge >= 0.3 is 0 Å². The predicted molar refractivity (Wildman–Crippen MR) is 240 cm³/mol. The van der Waals surface area contributed by atoms with Crippen LogP contribution in [0.25, 0.3) is 111 Å². The van der Waals surface area contributed by atoms with E-state index >= 15 is 0 Å². The van der Waals surface area contributed by atoms with E-state index in [0.29, 0.717) is 5.82 Å². The van der Waals surface area contributed by atoms with Crippen LogP contribution in [-0.4, -0.2) is 19.9 Å². The van der Waals surface area contributed by atoms with E-state index < -0.39 is 0 Å². The Balaban J connectivity index is 1.09. The summed E-state index contributed by atoms with van der Waals surface area (Å²) in [7, 11) is 0. The van der Waals surface area contributed by atoms with Crippen LogP contribution in [0.15, 0.2) is 207 Å². The Morgan fingerprint density at radius 1 is 0.259 bits per heavy atom. The first kappa shape index (κ1) is 33.5. The second-order valence-corrected chi connectivity index (χ2v) is 14.6. The molecule has 0 N–H and O–H groups in total. The van der Waals surface area contributed by atoms with Crippen molar-refractivity contribution in [3.05, 3.63) is 207 Å². The topological polar surface area (TPSA) is 51.6 Å². The molecule has 3 heterocycles. The van der Waals surface area contributed by atoms with Gasteiger partial charge in [-0.15, -0.1) is 0 Å². The maximum atomic E-state index is 4.99. The Bertz CT molecular complexity index is 3260. The first-order valence-electron chi connectivity index (χ1n) is 19.5. The highest BCUT2D eigenvalue weighted by molar-refractivity contribution is 6.22. The van der Waals surface area contributed by atoms with Crippen molar-refractivity contribution in [1.82, 2.24) is 19.9 Å². The Hall–Kier alpha value is -7.82. The van der Waals surface area contributed by atoms with Crippen LogP contribution in [0.4, 0.5) is 0 Å². The molecule has 0 saturated heterocycles. The molecule has 0 aliphatic rings. The molecule has 0 atom stereocenters. The number of benzene rings is 8. The van der Waals surface area contributed by atoms with E-state index in [4.69, 9.17) is 9.97 Å². The maximum Gasteiger partial charge on any atom is 0.160 e. The van der Waals surface area contributed by atoms with Gasteiger partial charge in [-0.05, 0) is 125 Å². The number of pyridine rings is 2. The van der Waals surface area contributed by atoms with Crippen molar-refractivity contribution in [3.63, 3.8) is 0 Å². The highest BCUT2D eigenvalue weighted by Gasteiger charge is 2.19. The number of hydrogen-bond acceptors (Lipinski definition) is 4. The molecule has 3 aromatic heterocycles. The third-order valence-corrected chi connectivity index (χ3v) is 11.2. The molecular weight excluding hydrogens is 705 g/mol. The molecule has 0 unspecified atom stereocenters. The minimum absolute atomic E-state index is 0.624. The van der Waals surface area contributed by atoms with Crippen LogP contribution < -0.4 is 0 Å². The van der Waals surface area contributed by atoms with E-state index in [-0.39, 0.29) is 0 Å². The van der Waals surface area contributed by atoms with Crippen LogP contribution in [0.3, 0.4) is 0 Å². The lowest BCUT2D eigenvalue weighted by atomic mass is 9.84. The van der Waals surface area contributed by atoms with Crippen molar-refractivity contribution in [1.29, 1.82) is 0 Å². The molecule has 11 rings (SSSR count). The summed E-state index contributed by atoms with van der Waals surface area (Å²) in [5.74, 6) is 0.624. The summed E-state index contributed by atoms with van der Waals surface area (Å²) in [6.07, 6.45) is 3.57. The fourth-order valence-corrected chi connectivity index (χ4v) is 8.35. The van der Waals surface area contributed by atoms with E-state index in [2.05, 4.69) is 162 Å². The Morgan fingerprint density at radius 3 is 1.26 bits per heavy atom. The van der Waals surface area contributed by atoms with E-state index in [1.807, 2.05) is 42.5 Å². The number of rotatable bonds is 6. The molecule has 270 valence electrons. The van der Waals surface area contributed by atoms with Crippen LogP contribution in [0, 0.1) is 0 Å². The minimum Gasteiger partial charge on any atom is -0.255 e. The van der Waals surface area contributed by atoms with E-state index in [9.17, 15) is 0 Å². The summed E-state index contributed by atoms with van der Waals surface area (Å²) in [5, 5.41) is 9.83. The van der Waals surface area contributed by atoms with E-state index in [1.54, 1.807) is 12.4 Å². The SMILES string of the molecule is c1ccc(-c2cc(-c3ccccn3)nc(-c3ccc(-c4ccc5c(-c6ccc7ccccc7c6)c6ccccc6c(-c6ccc7ccccc7c6)c5c4)cc3)n2)nc1. The standard InChI is InChI=1S/C54H34N4/c1-3-13-39-31-42(25-21-35(39)11-1)52-44-15-5-6-16-45(44)53(43-26-22-36-12-2-4-14-40(36)32-43)47-33-41(27-28-46(47)52)37-19-23-38(24-20-37)54-57-50(48-17-7-9-29-55-48)34-51(58-54)49-18-8-10-30-56-49/h1-34H. The zero-order valence-electron chi connectivity index (χ0n) is 31.4. The highest BCUT2D eigenvalue weighted by atomic mass is 14.9. The predicted octanol–water partition coefficient (Wildman–Crippen LogP) is 13.9. The number of nitrogens with zero attached hydrogens (tertiary/aromatic N) is 4. The molecule has 4 nitrogen and oxygen atoms in total. The summed E-state index contributed by atoms with van der Waals surface area (Å²) in [5.41, 5.74) is 11.1. The van der Waals surface area contributed by atoms with Crippen molar-refractivity contribution >= 4 is 43.1 Å². The molecular formula is C54H34N4. The Kier molecular flexibility index (Phi) is 8.11. The van der Waals surface area contributed by atoms with Gasteiger partial charge in [-0.2, -0.15) is 0 Å². The molecule has 11 aromatic rings. The largest absolute Gasteiger partial charge is 0.255 e. The van der Waals surface area contributed by atoms with Gasteiger partial charge in [-0.25, -0.2) is 9.97 Å². The van der Waals surface area contributed by atoms with Crippen molar-refractivity contribution in [2.24, 2.45) is 0 Å². The van der Waals surface area contributed by atoms with Crippen molar-refractivity contribution in [2.45, 2.75) is 0 Å². The molecule has 0 spiro atoms. The maximum absolute atomic E-state index is 4.99. The number of fused-ring (bicyclic) bond motifs is 4. The second-order valence-electron chi connectivity index (χ2n) is 14.6. The third kappa shape index (κ3) is 5.96. The quantitative estimate of drug-likeness (QED) is 0.159. The summed E-state index contributed by atoms with van der Waals surface area (Å²) >= 11 is 0. The third-order valence-electron chi connectivity index (χ3n) is 11.2. The zero-order valence-corrected chi connectivity index (χ0v) is 31.4. The average Bonchev–Trinajstić information content (AvgIpc) is 3.30. The van der Waals surface area contributed by atoms with Crippen LogP contribution in [0.2, 0.25) is 0 Å². The van der Waals surface area contributed by atoms with Gasteiger partial charge in [0, 0.05) is 18.0 Å². The van der Waals surface area contributed by atoms with Gasteiger partial charge in [0.25, 0.3) is 0 Å². The molecule has 0 bridgehead atoms. The molecule has 58 heavy (non-hydrogen) atoms. The smallest absolute Gasteiger partial charge is 0.160 e. The average molecular weight is 739 g/mol. The number of aromatic nitrogens is 4. The van der Waals surface area contributed by atoms with Gasteiger partial charge in [0.1, 0.15) is 0 Å². The lowest BCUT2D eigenvalue weighted by Crippen LogP contribution is -1.97. The van der Waals surface area contributed by atoms with E-state index in [0.717, 1.165) is 39.5 Å². The first-order valence-corrected chi connectivity index (χ1v) is 19.5. The molecule has 0 radical (unpaired) electrons.